The Balaban J connectivity index is 1.28. The van der Waals surface area contributed by atoms with Crippen LogP contribution in [0.2, 0.25) is 0 Å². The number of benzene rings is 6. The Kier molecular flexibility index (Phi) is 7.77. The molecule has 1 N–H and O–H groups in total. The summed E-state index contributed by atoms with van der Waals surface area (Å²) in [6, 6.07) is 60.6. The molecule has 252 valence electrons. The van der Waals surface area contributed by atoms with E-state index >= 15 is 0 Å². The molecule has 10 aromatic rings. The van der Waals surface area contributed by atoms with Gasteiger partial charge >= 0.3 is 0 Å². The van der Waals surface area contributed by atoms with Crippen molar-refractivity contribution in [2.45, 2.75) is 0 Å². The van der Waals surface area contributed by atoms with Gasteiger partial charge in [0.2, 0.25) is 0 Å². The third-order valence-corrected chi connectivity index (χ3v) is 10.4. The number of pyridine rings is 2. The van der Waals surface area contributed by atoms with Gasteiger partial charge in [-0.25, -0.2) is 15.0 Å². The van der Waals surface area contributed by atoms with Crippen LogP contribution in [0.25, 0.3) is 98.9 Å². The van der Waals surface area contributed by atoms with Crippen LogP contribution in [0.15, 0.2) is 195 Å². The lowest BCUT2D eigenvalue weighted by Gasteiger charge is -2.12. The van der Waals surface area contributed by atoms with Gasteiger partial charge in [-0.15, -0.1) is 0 Å². The normalized spacial score (nSPS) is 11.3. The molecule has 0 aliphatic rings. The molecule has 0 aliphatic heterocycles. The van der Waals surface area contributed by atoms with Gasteiger partial charge in [-0.2, -0.15) is 0 Å². The van der Waals surface area contributed by atoms with Crippen LogP contribution in [0.5, 0.6) is 0 Å². The van der Waals surface area contributed by atoms with Gasteiger partial charge in [0.15, 0.2) is 18.2 Å². The van der Waals surface area contributed by atoms with Crippen LogP contribution in [0.3, 0.4) is 0 Å². The average Bonchev–Trinajstić information content (AvgIpc) is 3.26. The smallest absolute Gasteiger partial charge is 0.167 e. The number of H-pyrrole nitrogens is 1. The molecule has 0 amide bonds. The third kappa shape index (κ3) is 5.58. The zero-order chi connectivity index (χ0) is 35.8. The lowest BCUT2D eigenvalue weighted by Crippen LogP contribution is -1.99. The second kappa shape index (κ2) is 13.4. The van der Waals surface area contributed by atoms with Gasteiger partial charge in [0, 0.05) is 41.2 Å². The number of hydrogen-bond acceptors (Lipinski definition) is 3. The molecule has 0 saturated heterocycles. The minimum absolute atomic E-state index is 0.671. The van der Waals surface area contributed by atoms with Crippen molar-refractivity contribution in [2.75, 3.05) is 0 Å². The van der Waals surface area contributed by atoms with E-state index < -0.39 is 0 Å². The first-order valence-electron chi connectivity index (χ1n) is 18.2. The molecule has 54 heavy (non-hydrogen) atoms. The SMILES string of the molecule is c1cncc(-c2ccc(-c3nc(-c4cc[nH+]cc4)cc(-c4ccc5c6ccccc6c6ccccc6c6ccccc6c6ccccc6c5c4)n3)cc2)c1. The summed E-state index contributed by atoms with van der Waals surface area (Å²) in [6.07, 6.45) is 7.54. The van der Waals surface area contributed by atoms with Crippen LogP contribution in [-0.4, -0.2) is 15.0 Å². The first-order chi connectivity index (χ1) is 26.8. The van der Waals surface area contributed by atoms with Gasteiger partial charge in [0.25, 0.3) is 0 Å². The molecule has 10 rings (SSSR count). The van der Waals surface area contributed by atoms with Crippen LogP contribution < -0.4 is 4.98 Å². The van der Waals surface area contributed by atoms with Crippen molar-refractivity contribution in [2.24, 2.45) is 0 Å². The predicted octanol–water partition coefficient (Wildman–Crippen LogP) is 12.2. The zero-order valence-corrected chi connectivity index (χ0v) is 29.3. The predicted molar refractivity (Wildman–Crippen MR) is 223 cm³/mol. The van der Waals surface area contributed by atoms with Gasteiger partial charge in [0.1, 0.15) is 0 Å². The van der Waals surface area contributed by atoms with Gasteiger partial charge in [-0.05, 0) is 83.2 Å². The van der Waals surface area contributed by atoms with Gasteiger partial charge < -0.3 is 0 Å². The number of aromatic nitrogens is 4. The van der Waals surface area contributed by atoms with E-state index in [1.54, 1.807) is 6.20 Å². The second-order valence-electron chi connectivity index (χ2n) is 13.5. The Labute approximate surface area is 312 Å². The van der Waals surface area contributed by atoms with E-state index in [1.807, 2.05) is 24.7 Å². The average molecular weight is 690 g/mol. The van der Waals surface area contributed by atoms with Crippen molar-refractivity contribution >= 4 is 53.9 Å². The highest BCUT2D eigenvalue weighted by molar-refractivity contribution is 6.26. The monoisotopic (exact) mass is 689 g/mol. The fourth-order valence-electron chi connectivity index (χ4n) is 7.75. The lowest BCUT2D eigenvalue weighted by atomic mass is 9.93. The van der Waals surface area contributed by atoms with Crippen LogP contribution >= 0.6 is 0 Å². The van der Waals surface area contributed by atoms with Crippen molar-refractivity contribution in [3.63, 3.8) is 0 Å². The Morgan fingerprint density at radius 2 is 0.759 bits per heavy atom. The number of aromatic amines is 1. The van der Waals surface area contributed by atoms with Gasteiger partial charge in [0.05, 0.1) is 11.4 Å². The summed E-state index contributed by atoms with van der Waals surface area (Å²) in [5.41, 5.74) is 6.86. The quantitative estimate of drug-likeness (QED) is 0.185. The van der Waals surface area contributed by atoms with Crippen molar-refractivity contribution in [1.29, 1.82) is 0 Å². The number of rotatable bonds is 4. The summed E-state index contributed by atoms with van der Waals surface area (Å²) >= 11 is 0. The molecule has 4 heteroatoms. The Morgan fingerprint density at radius 1 is 0.315 bits per heavy atom. The van der Waals surface area contributed by atoms with Gasteiger partial charge in [-0.3, -0.25) is 4.98 Å². The summed E-state index contributed by atoms with van der Waals surface area (Å²) in [5, 5.41) is 12.0. The number of nitrogens with one attached hydrogen (secondary N) is 1. The van der Waals surface area contributed by atoms with E-state index in [0.717, 1.165) is 44.6 Å². The van der Waals surface area contributed by atoms with Gasteiger partial charge in [-0.1, -0.05) is 140 Å². The van der Waals surface area contributed by atoms with Crippen LogP contribution in [0.4, 0.5) is 0 Å². The first kappa shape index (κ1) is 31.4. The Morgan fingerprint density at radius 3 is 1.26 bits per heavy atom. The molecule has 3 aromatic heterocycles. The molecule has 0 saturated carbocycles. The highest BCUT2D eigenvalue weighted by Crippen LogP contribution is 2.38. The van der Waals surface area contributed by atoms with E-state index in [4.69, 9.17) is 9.97 Å². The second-order valence-corrected chi connectivity index (χ2v) is 13.5. The molecule has 4 nitrogen and oxygen atoms in total. The van der Waals surface area contributed by atoms with E-state index in [-0.39, 0.29) is 0 Å². The highest BCUT2D eigenvalue weighted by Gasteiger charge is 2.14. The molecule has 0 aliphatic carbocycles. The topological polar surface area (TPSA) is 52.8 Å². The molecule has 0 bridgehead atoms. The Bertz CT molecular complexity index is 3010. The minimum Gasteiger partial charge on any atom is -0.264 e. The van der Waals surface area contributed by atoms with Crippen LogP contribution in [-0.2, 0) is 0 Å². The minimum atomic E-state index is 0.671. The van der Waals surface area contributed by atoms with Crippen molar-refractivity contribution in [1.82, 2.24) is 15.0 Å². The lowest BCUT2D eigenvalue weighted by molar-refractivity contribution is -0.377. The highest BCUT2D eigenvalue weighted by atomic mass is 14.9. The molecule has 0 unspecified atom stereocenters. The maximum absolute atomic E-state index is 5.26. The van der Waals surface area contributed by atoms with Crippen molar-refractivity contribution in [3.05, 3.63) is 195 Å². The maximum Gasteiger partial charge on any atom is 0.167 e. The maximum atomic E-state index is 5.26. The molecule has 0 spiro atoms. The fourth-order valence-corrected chi connectivity index (χ4v) is 7.75. The molecular weight excluding hydrogens is 657 g/mol. The van der Waals surface area contributed by atoms with E-state index in [2.05, 4.69) is 174 Å². The largest absolute Gasteiger partial charge is 0.264 e. The van der Waals surface area contributed by atoms with Crippen LogP contribution in [0, 0.1) is 0 Å². The van der Waals surface area contributed by atoms with E-state index in [0.29, 0.717) is 5.82 Å². The molecule has 0 atom stereocenters. The van der Waals surface area contributed by atoms with E-state index in [1.165, 1.54) is 48.5 Å². The third-order valence-electron chi connectivity index (χ3n) is 10.4. The van der Waals surface area contributed by atoms with E-state index in [9.17, 15) is 0 Å². The molecule has 0 fully saturated rings. The zero-order valence-electron chi connectivity index (χ0n) is 29.3. The molecule has 7 aromatic carbocycles. The number of fused-ring (bicyclic) bond motifs is 10. The first-order valence-corrected chi connectivity index (χ1v) is 18.2. The number of hydrogen-bond donors (Lipinski definition) is 0. The summed E-state index contributed by atoms with van der Waals surface area (Å²) in [5.74, 6) is 0.671. The van der Waals surface area contributed by atoms with Crippen LogP contribution in [0.1, 0.15) is 0 Å². The molecular formula is C50H33N4+. The summed E-state index contributed by atoms with van der Waals surface area (Å²) < 4.78 is 0. The molecule has 3 heterocycles. The summed E-state index contributed by atoms with van der Waals surface area (Å²) in [4.78, 5) is 17.8. The van der Waals surface area contributed by atoms with Crippen molar-refractivity contribution in [3.8, 4) is 45.0 Å². The standard InChI is InChI=1S/C50H32N4/c1-2-13-40-38(11-1)39-12-3-4-14-41(39)43-16-7-8-18-45(43)47-30-36(23-24-46(47)44-17-6-5-15-42(40)44)49-31-48(34-25-28-51-29-26-34)53-50(54-49)35-21-19-33(20-22-35)37-10-9-27-52-32-37/h1-32H/p+1. The fraction of sp³-hybridized carbons (Fsp3) is 0. The van der Waals surface area contributed by atoms with Crippen molar-refractivity contribution < 1.29 is 4.98 Å². The molecule has 0 radical (unpaired) electrons. The Hall–Kier alpha value is -7.30. The summed E-state index contributed by atoms with van der Waals surface area (Å²) in [7, 11) is 0. The summed E-state index contributed by atoms with van der Waals surface area (Å²) in [6.45, 7) is 0. The number of nitrogens with zero attached hydrogens (tertiary/aromatic N) is 3.